The van der Waals surface area contributed by atoms with E-state index in [4.69, 9.17) is 5.73 Å². The molecule has 1 atom stereocenters. The number of carbonyl (C=O) groups is 2. The monoisotopic (exact) mass is 233 g/mol. The second-order valence-corrected chi connectivity index (χ2v) is 4.08. The van der Waals surface area contributed by atoms with Crippen LogP contribution in [0.4, 0.5) is 5.69 Å². The van der Waals surface area contributed by atoms with E-state index in [-0.39, 0.29) is 11.9 Å². The van der Waals surface area contributed by atoms with Crippen molar-refractivity contribution in [2.24, 2.45) is 5.73 Å². The Balaban J connectivity index is 1.98. The predicted octanol–water partition coefficient (Wildman–Crippen LogP) is 0.476. The molecule has 4 N–H and O–H groups in total. The van der Waals surface area contributed by atoms with Crippen molar-refractivity contribution in [3.8, 4) is 0 Å². The number of rotatable bonds is 3. The van der Waals surface area contributed by atoms with Crippen molar-refractivity contribution in [1.29, 1.82) is 0 Å². The van der Waals surface area contributed by atoms with Crippen molar-refractivity contribution in [1.82, 2.24) is 5.32 Å². The van der Waals surface area contributed by atoms with Gasteiger partial charge < -0.3 is 16.4 Å². The molecule has 0 unspecified atom stereocenters. The first-order valence-electron chi connectivity index (χ1n) is 5.61. The largest absolute Gasteiger partial charge is 0.366 e. The Labute approximate surface area is 99.4 Å². The molecule has 0 spiro atoms. The van der Waals surface area contributed by atoms with Gasteiger partial charge in [-0.15, -0.1) is 0 Å². The number of benzene rings is 1. The summed E-state index contributed by atoms with van der Waals surface area (Å²) >= 11 is 0. The van der Waals surface area contributed by atoms with Gasteiger partial charge in [-0.1, -0.05) is 0 Å². The molecule has 0 aromatic heterocycles. The minimum atomic E-state index is -0.472. The molecule has 1 heterocycles. The van der Waals surface area contributed by atoms with Gasteiger partial charge in [-0.25, -0.2) is 0 Å². The van der Waals surface area contributed by atoms with Crippen LogP contribution in [0.2, 0.25) is 0 Å². The third kappa shape index (κ3) is 2.82. The standard InChI is InChI=1S/C12H15N3O2/c13-11(16)8-3-5-9(6-4-8)15-12(17)10-2-1-7-14-10/h3-6,10,14H,1-2,7H2,(H2,13,16)(H,15,17)/t10-/m1/s1. The number of amides is 2. The lowest BCUT2D eigenvalue weighted by Gasteiger charge is -2.11. The van der Waals surface area contributed by atoms with E-state index in [2.05, 4.69) is 10.6 Å². The smallest absolute Gasteiger partial charge is 0.248 e. The van der Waals surface area contributed by atoms with Crippen molar-refractivity contribution in [3.05, 3.63) is 29.8 Å². The fraction of sp³-hybridized carbons (Fsp3) is 0.333. The van der Waals surface area contributed by atoms with Gasteiger partial charge in [-0.3, -0.25) is 9.59 Å². The van der Waals surface area contributed by atoms with E-state index < -0.39 is 5.91 Å². The van der Waals surface area contributed by atoms with Crippen LogP contribution < -0.4 is 16.4 Å². The minimum absolute atomic E-state index is 0.0330. The number of carbonyl (C=O) groups excluding carboxylic acids is 2. The van der Waals surface area contributed by atoms with Crippen molar-refractivity contribution in [2.75, 3.05) is 11.9 Å². The summed E-state index contributed by atoms with van der Waals surface area (Å²) < 4.78 is 0. The maximum atomic E-state index is 11.8. The number of nitrogens with one attached hydrogen (secondary N) is 2. The summed E-state index contributed by atoms with van der Waals surface area (Å²) in [6.45, 7) is 0.888. The molecule has 0 radical (unpaired) electrons. The summed E-state index contributed by atoms with van der Waals surface area (Å²) in [5, 5.41) is 5.92. The Morgan fingerprint density at radius 1 is 1.29 bits per heavy atom. The molecule has 2 rings (SSSR count). The van der Waals surface area contributed by atoms with Crippen LogP contribution >= 0.6 is 0 Å². The van der Waals surface area contributed by atoms with E-state index in [0.29, 0.717) is 11.3 Å². The Kier molecular flexibility index (Phi) is 3.39. The summed E-state index contributed by atoms with van der Waals surface area (Å²) in [5.41, 5.74) is 6.24. The molecule has 1 aromatic carbocycles. The van der Waals surface area contributed by atoms with E-state index in [9.17, 15) is 9.59 Å². The highest BCUT2D eigenvalue weighted by molar-refractivity contribution is 5.96. The molecule has 0 bridgehead atoms. The van der Waals surface area contributed by atoms with E-state index in [0.717, 1.165) is 19.4 Å². The van der Waals surface area contributed by atoms with E-state index in [1.165, 1.54) is 0 Å². The number of primary amides is 1. The molecule has 5 nitrogen and oxygen atoms in total. The highest BCUT2D eigenvalue weighted by Gasteiger charge is 2.21. The Morgan fingerprint density at radius 2 is 2.00 bits per heavy atom. The third-order valence-electron chi connectivity index (χ3n) is 2.81. The van der Waals surface area contributed by atoms with Gasteiger partial charge in [-0.2, -0.15) is 0 Å². The molecule has 1 aromatic rings. The second kappa shape index (κ2) is 4.97. The van der Waals surface area contributed by atoms with Crippen LogP contribution in [0.1, 0.15) is 23.2 Å². The quantitative estimate of drug-likeness (QED) is 0.709. The maximum Gasteiger partial charge on any atom is 0.248 e. The molecule has 2 amide bonds. The van der Waals surface area contributed by atoms with Gasteiger partial charge in [0.05, 0.1) is 6.04 Å². The van der Waals surface area contributed by atoms with Crippen LogP contribution in [0.5, 0.6) is 0 Å². The first-order valence-corrected chi connectivity index (χ1v) is 5.61. The Morgan fingerprint density at radius 3 is 2.53 bits per heavy atom. The summed E-state index contributed by atoms with van der Waals surface area (Å²) in [7, 11) is 0. The predicted molar refractivity (Wildman–Crippen MR) is 64.6 cm³/mol. The van der Waals surface area contributed by atoms with Gasteiger partial charge >= 0.3 is 0 Å². The maximum absolute atomic E-state index is 11.8. The topological polar surface area (TPSA) is 84.2 Å². The molecule has 17 heavy (non-hydrogen) atoms. The average molecular weight is 233 g/mol. The molecule has 0 saturated carbocycles. The number of anilines is 1. The molecule has 1 aliphatic heterocycles. The van der Waals surface area contributed by atoms with Crippen LogP contribution in [0.3, 0.4) is 0 Å². The summed E-state index contributed by atoms with van der Waals surface area (Å²) in [6, 6.07) is 6.44. The SMILES string of the molecule is NC(=O)c1ccc(NC(=O)[C@H]2CCCN2)cc1. The Bertz CT molecular complexity index is 422. The Hall–Kier alpha value is -1.88. The van der Waals surface area contributed by atoms with Crippen molar-refractivity contribution in [3.63, 3.8) is 0 Å². The normalized spacial score (nSPS) is 18.9. The molecule has 1 saturated heterocycles. The van der Waals surface area contributed by atoms with Crippen molar-refractivity contribution < 1.29 is 9.59 Å². The fourth-order valence-corrected chi connectivity index (χ4v) is 1.86. The molecular formula is C12H15N3O2. The lowest BCUT2D eigenvalue weighted by Crippen LogP contribution is -2.35. The fourth-order valence-electron chi connectivity index (χ4n) is 1.86. The zero-order valence-corrected chi connectivity index (χ0v) is 9.40. The van der Waals surface area contributed by atoms with Gasteiger partial charge in [0, 0.05) is 11.3 Å². The zero-order chi connectivity index (χ0) is 12.3. The number of nitrogens with two attached hydrogens (primary N) is 1. The summed E-state index contributed by atoms with van der Waals surface area (Å²) in [4.78, 5) is 22.6. The summed E-state index contributed by atoms with van der Waals surface area (Å²) in [5.74, 6) is -0.505. The van der Waals surface area contributed by atoms with E-state index in [1.54, 1.807) is 24.3 Å². The average Bonchev–Trinajstić information content (AvgIpc) is 2.83. The molecule has 90 valence electrons. The number of hydrogen-bond acceptors (Lipinski definition) is 3. The lowest BCUT2D eigenvalue weighted by atomic mass is 10.2. The first-order chi connectivity index (χ1) is 8.16. The number of hydrogen-bond donors (Lipinski definition) is 3. The van der Waals surface area contributed by atoms with Crippen LogP contribution in [-0.2, 0) is 4.79 Å². The van der Waals surface area contributed by atoms with Crippen LogP contribution in [-0.4, -0.2) is 24.4 Å². The van der Waals surface area contributed by atoms with Gasteiger partial charge in [0.2, 0.25) is 11.8 Å². The molecule has 1 aliphatic rings. The molecule has 0 aliphatic carbocycles. The van der Waals surface area contributed by atoms with Gasteiger partial charge in [0.25, 0.3) is 0 Å². The zero-order valence-electron chi connectivity index (χ0n) is 9.40. The van der Waals surface area contributed by atoms with Crippen LogP contribution in [0, 0.1) is 0 Å². The van der Waals surface area contributed by atoms with Gasteiger partial charge in [-0.05, 0) is 43.7 Å². The lowest BCUT2D eigenvalue weighted by molar-refractivity contribution is -0.117. The molecule has 5 heteroatoms. The van der Waals surface area contributed by atoms with Crippen molar-refractivity contribution >= 4 is 17.5 Å². The highest BCUT2D eigenvalue weighted by Crippen LogP contribution is 2.12. The van der Waals surface area contributed by atoms with Crippen LogP contribution in [0.15, 0.2) is 24.3 Å². The summed E-state index contributed by atoms with van der Waals surface area (Å²) in [6.07, 6.45) is 1.89. The molecular weight excluding hydrogens is 218 g/mol. The molecule has 1 fully saturated rings. The van der Waals surface area contributed by atoms with E-state index in [1.807, 2.05) is 0 Å². The second-order valence-electron chi connectivity index (χ2n) is 4.08. The van der Waals surface area contributed by atoms with Gasteiger partial charge in [0.15, 0.2) is 0 Å². The first kappa shape index (κ1) is 11.6. The highest BCUT2D eigenvalue weighted by atomic mass is 16.2. The van der Waals surface area contributed by atoms with Crippen LogP contribution in [0.25, 0.3) is 0 Å². The third-order valence-corrected chi connectivity index (χ3v) is 2.81. The minimum Gasteiger partial charge on any atom is -0.366 e. The van der Waals surface area contributed by atoms with Crippen molar-refractivity contribution in [2.45, 2.75) is 18.9 Å². The van der Waals surface area contributed by atoms with Gasteiger partial charge in [0.1, 0.15) is 0 Å². The van der Waals surface area contributed by atoms with E-state index >= 15 is 0 Å².